The third-order valence-corrected chi connectivity index (χ3v) is 5.90. The number of methoxy groups -OCH3 is 1. The van der Waals surface area contributed by atoms with Gasteiger partial charge in [0.1, 0.15) is 25.1 Å². The predicted octanol–water partition coefficient (Wildman–Crippen LogP) is 3.89. The fraction of sp³-hybridized carbons (Fsp3) is 0.292. The summed E-state index contributed by atoms with van der Waals surface area (Å²) in [4.78, 5) is 23.4. The number of amides is 1. The Labute approximate surface area is 197 Å². The number of hydrogen-bond acceptors (Lipinski definition) is 6. The molecule has 1 atom stereocenters. The molecular formula is C24H23ClFN5O2. The first kappa shape index (κ1) is 21.4. The Kier molecular flexibility index (Phi) is 6.51. The van der Waals surface area contributed by atoms with Crippen LogP contribution in [0.5, 0.6) is 5.75 Å². The second kappa shape index (κ2) is 10.0. The van der Waals surface area contributed by atoms with Crippen LogP contribution >= 0.6 is 11.6 Å². The quantitative estimate of drug-likeness (QED) is 0.512. The SMILES string of the molecule is [2H]C#CCNC(=O)[C@@H]1CCCN1Cc1cc2c(Nc3ccc(F)c(Cl)c3)ncnc2cc1OC. The molecule has 1 fully saturated rings. The van der Waals surface area contributed by atoms with Gasteiger partial charge in [-0.1, -0.05) is 17.5 Å². The van der Waals surface area contributed by atoms with Crippen LogP contribution in [0.25, 0.3) is 10.9 Å². The number of fused-ring (bicyclic) bond motifs is 1. The van der Waals surface area contributed by atoms with E-state index in [-0.39, 0.29) is 23.5 Å². The fourth-order valence-electron chi connectivity index (χ4n) is 4.03. The highest BCUT2D eigenvalue weighted by Gasteiger charge is 2.31. The van der Waals surface area contributed by atoms with Crippen molar-refractivity contribution >= 4 is 39.9 Å². The molecule has 33 heavy (non-hydrogen) atoms. The van der Waals surface area contributed by atoms with E-state index in [4.69, 9.17) is 17.7 Å². The van der Waals surface area contributed by atoms with Crippen molar-refractivity contribution < 1.29 is 15.3 Å². The van der Waals surface area contributed by atoms with Gasteiger partial charge in [0.2, 0.25) is 5.91 Å². The van der Waals surface area contributed by atoms with E-state index in [1.807, 2.05) is 18.5 Å². The van der Waals surface area contributed by atoms with Gasteiger partial charge in [-0.05, 0) is 43.7 Å². The minimum atomic E-state index is -0.497. The summed E-state index contributed by atoms with van der Waals surface area (Å²) in [5.41, 5.74) is 2.16. The number of carbonyl (C=O) groups is 1. The van der Waals surface area contributed by atoms with Crippen molar-refractivity contribution in [1.82, 2.24) is 20.2 Å². The molecular weight excluding hydrogens is 445 g/mol. The van der Waals surface area contributed by atoms with Crippen LogP contribution < -0.4 is 15.4 Å². The van der Waals surface area contributed by atoms with Gasteiger partial charge in [0.05, 0.1) is 30.2 Å². The van der Waals surface area contributed by atoms with E-state index in [2.05, 4.69) is 31.4 Å². The van der Waals surface area contributed by atoms with E-state index < -0.39 is 5.82 Å². The first-order valence-corrected chi connectivity index (χ1v) is 10.8. The van der Waals surface area contributed by atoms with Crippen molar-refractivity contribution in [2.75, 3.05) is 25.5 Å². The first-order valence-electron chi connectivity index (χ1n) is 10.9. The Morgan fingerprint density at radius 2 is 2.30 bits per heavy atom. The number of benzene rings is 2. The van der Waals surface area contributed by atoms with E-state index in [0.29, 0.717) is 29.3 Å². The molecule has 2 aromatic carbocycles. The van der Waals surface area contributed by atoms with Crippen LogP contribution in [0, 0.1) is 18.1 Å². The van der Waals surface area contributed by atoms with E-state index >= 15 is 0 Å². The third-order valence-electron chi connectivity index (χ3n) is 5.61. The Balaban J connectivity index is 1.63. The van der Waals surface area contributed by atoms with Crippen LogP contribution in [0.4, 0.5) is 15.9 Å². The smallest absolute Gasteiger partial charge is 0.238 e. The van der Waals surface area contributed by atoms with Gasteiger partial charge >= 0.3 is 0 Å². The average Bonchev–Trinajstić information content (AvgIpc) is 3.30. The summed E-state index contributed by atoms with van der Waals surface area (Å²) >= 11 is 5.92. The van der Waals surface area contributed by atoms with Crippen LogP contribution in [0.3, 0.4) is 0 Å². The second-order valence-electron chi connectivity index (χ2n) is 7.68. The average molecular weight is 469 g/mol. The zero-order valence-electron chi connectivity index (χ0n) is 19.0. The normalized spacial score (nSPS) is 16.1. The number of rotatable bonds is 7. The van der Waals surface area contributed by atoms with E-state index in [1.54, 1.807) is 13.2 Å². The van der Waals surface area contributed by atoms with Crippen LogP contribution in [0.1, 0.15) is 19.8 Å². The maximum Gasteiger partial charge on any atom is 0.238 e. The van der Waals surface area contributed by atoms with Crippen molar-refractivity contribution in [2.24, 2.45) is 0 Å². The molecule has 1 aromatic heterocycles. The summed E-state index contributed by atoms with van der Waals surface area (Å²) in [6.07, 6.45) is 5.13. The molecule has 0 bridgehead atoms. The summed E-state index contributed by atoms with van der Waals surface area (Å²) in [5, 5.41) is 6.72. The van der Waals surface area contributed by atoms with Crippen molar-refractivity contribution in [3.05, 3.63) is 53.1 Å². The first-order chi connectivity index (χ1) is 16.5. The Morgan fingerprint density at radius 1 is 1.42 bits per heavy atom. The van der Waals surface area contributed by atoms with Gasteiger partial charge in [-0.2, -0.15) is 0 Å². The molecule has 9 heteroatoms. The Morgan fingerprint density at radius 3 is 3.09 bits per heavy atom. The number of halogens is 2. The molecule has 0 unspecified atom stereocenters. The predicted molar refractivity (Wildman–Crippen MR) is 126 cm³/mol. The van der Waals surface area contributed by atoms with Gasteiger partial charge in [-0.3, -0.25) is 9.69 Å². The zero-order valence-corrected chi connectivity index (χ0v) is 18.7. The highest BCUT2D eigenvalue weighted by atomic mass is 35.5. The molecule has 2 N–H and O–H groups in total. The van der Waals surface area contributed by atoms with Crippen molar-refractivity contribution in [3.63, 3.8) is 0 Å². The molecule has 2 heterocycles. The van der Waals surface area contributed by atoms with Gasteiger partial charge < -0.3 is 15.4 Å². The van der Waals surface area contributed by atoms with Gasteiger partial charge in [0, 0.05) is 29.2 Å². The second-order valence-corrected chi connectivity index (χ2v) is 8.09. The maximum atomic E-state index is 13.5. The number of aromatic nitrogens is 2. The van der Waals surface area contributed by atoms with Gasteiger partial charge in [-0.25, -0.2) is 14.4 Å². The molecule has 1 amide bonds. The molecule has 0 spiro atoms. The highest BCUT2D eigenvalue weighted by molar-refractivity contribution is 6.31. The summed E-state index contributed by atoms with van der Waals surface area (Å²) in [6.45, 7) is 1.43. The number of nitrogens with one attached hydrogen (secondary N) is 2. The molecule has 170 valence electrons. The fourth-order valence-corrected chi connectivity index (χ4v) is 4.21. The summed E-state index contributed by atoms with van der Waals surface area (Å²) in [6, 6.07) is 7.87. The number of hydrogen-bond donors (Lipinski definition) is 2. The van der Waals surface area contributed by atoms with Crippen molar-refractivity contribution in [1.29, 1.82) is 0 Å². The number of terminal acetylenes is 1. The van der Waals surface area contributed by atoms with E-state index in [1.165, 1.54) is 18.5 Å². The van der Waals surface area contributed by atoms with Crippen LogP contribution in [0.15, 0.2) is 36.7 Å². The lowest BCUT2D eigenvalue weighted by atomic mass is 10.1. The standard InChI is InChI=1S/C24H23ClFN5O2/c1-3-8-27-24(32)21-5-4-9-31(21)13-15-10-17-20(12-22(15)33-2)28-14-29-23(17)30-16-6-7-19(26)18(25)11-16/h1,6-7,10-12,14,21H,4-5,8-9,13H2,2H3,(H,27,32)(H,28,29,30)/t21-/m0/s1/i1D. The zero-order chi connectivity index (χ0) is 24.1. The monoisotopic (exact) mass is 468 g/mol. The molecule has 0 saturated carbocycles. The van der Waals surface area contributed by atoms with Crippen LogP contribution in [-0.2, 0) is 11.3 Å². The summed E-state index contributed by atoms with van der Waals surface area (Å²) in [7, 11) is 1.60. The minimum absolute atomic E-state index is 0.0118. The topological polar surface area (TPSA) is 79.4 Å². The van der Waals surface area contributed by atoms with E-state index in [0.717, 1.165) is 30.3 Å². The van der Waals surface area contributed by atoms with Crippen molar-refractivity contribution in [2.45, 2.75) is 25.4 Å². The molecule has 4 rings (SSSR count). The Bertz CT molecular complexity index is 1280. The van der Waals surface area contributed by atoms with Gasteiger partial charge in [0.15, 0.2) is 0 Å². The molecule has 7 nitrogen and oxygen atoms in total. The minimum Gasteiger partial charge on any atom is -0.496 e. The number of nitrogens with zero attached hydrogens (tertiary/aromatic N) is 3. The lowest BCUT2D eigenvalue weighted by Gasteiger charge is -2.24. The van der Waals surface area contributed by atoms with Crippen LogP contribution in [0.2, 0.25) is 5.02 Å². The summed E-state index contributed by atoms with van der Waals surface area (Å²) < 4.78 is 26.1. The number of ether oxygens (including phenoxy) is 1. The van der Waals surface area contributed by atoms with Gasteiger partial charge in [0.25, 0.3) is 0 Å². The molecule has 1 aliphatic rings. The molecule has 1 saturated heterocycles. The molecule has 0 aliphatic carbocycles. The van der Waals surface area contributed by atoms with Crippen molar-refractivity contribution in [3.8, 4) is 18.1 Å². The lowest BCUT2D eigenvalue weighted by Crippen LogP contribution is -2.43. The number of carbonyl (C=O) groups excluding carboxylic acids is 1. The largest absolute Gasteiger partial charge is 0.496 e. The van der Waals surface area contributed by atoms with Gasteiger partial charge in [-0.15, -0.1) is 6.40 Å². The maximum absolute atomic E-state index is 13.5. The third kappa shape index (κ3) is 5.00. The highest BCUT2D eigenvalue weighted by Crippen LogP contribution is 2.32. The number of likely N-dealkylation sites (tertiary alicyclic amines) is 1. The molecule has 1 aliphatic heterocycles. The Hall–Kier alpha value is -3.41. The molecule has 3 aromatic rings. The van der Waals surface area contributed by atoms with E-state index in [9.17, 15) is 9.18 Å². The lowest BCUT2D eigenvalue weighted by molar-refractivity contribution is -0.125. The van der Waals surface area contributed by atoms with Crippen LogP contribution in [-0.4, -0.2) is 47.0 Å². The summed E-state index contributed by atoms with van der Waals surface area (Å²) in [5.74, 6) is 3.14. The number of anilines is 2. The molecule has 0 radical (unpaired) electrons.